The molecule has 16 heavy (non-hydrogen) atoms. The van der Waals surface area contributed by atoms with Crippen LogP contribution in [0.15, 0.2) is 24.4 Å². The summed E-state index contributed by atoms with van der Waals surface area (Å²) < 4.78 is 4.55. The van der Waals surface area contributed by atoms with Crippen molar-refractivity contribution in [1.29, 1.82) is 0 Å². The Hall–Kier alpha value is -1.95. The van der Waals surface area contributed by atoms with Crippen LogP contribution in [0.4, 0.5) is 0 Å². The number of ether oxygens (including phenoxy) is 1. The summed E-state index contributed by atoms with van der Waals surface area (Å²) in [6.07, 6.45) is 1.62. The molecule has 1 heterocycles. The van der Waals surface area contributed by atoms with Crippen LogP contribution < -0.4 is 10.4 Å². The third-order valence-corrected chi connectivity index (χ3v) is 1.65. The van der Waals surface area contributed by atoms with Gasteiger partial charge in [0.15, 0.2) is 0 Å². The fourth-order valence-corrected chi connectivity index (χ4v) is 0.970. The Balaban J connectivity index is 2.18. The number of nitrogens with one attached hydrogen (secondary N) is 1. The van der Waals surface area contributed by atoms with Crippen molar-refractivity contribution in [3.8, 4) is 0 Å². The smallest absolute Gasteiger partial charge is 0.246 e. The minimum absolute atomic E-state index is 0.286. The van der Waals surface area contributed by atoms with Crippen molar-refractivity contribution in [2.75, 3.05) is 13.2 Å². The van der Waals surface area contributed by atoms with Gasteiger partial charge in [0, 0.05) is 6.20 Å². The van der Waals surface area contributed by atoms with E-state index in [2.05, 4.69) is 15.0 Å². The van der Waals surface area contributed by atoms with Crippen molar-refractivity contribution in [1.82, 2.24) is 10.3 Å². The lowest BCUT2D eigenvalue weighted by atomic mass is 10.3. The number of pyridine rings is 1. The topological polar surface area (TPSA) is 91.4 Å². The Labute approximate surface area is 92.3 Å². The van der Waals surface area contributed by atoms with Crippen LogP contribution in [0, 0.1) is 0 Å². The Morgan fingerprint density at radius 1 is 1.38 bits per heavy atom. The first kappa shape index (κ1) is 12.1. The van der Waals surface area contributed by atoms with Crippen LogP contribution in [0.1, 0.15) is 5.69 Å². The zero-order valence-electron chi connectivity index (χ0n) is 8.51. The highest BCUT2D eigenvalue weighted by Crippen LogP contribution is 1.91. The molecular weight excluding hydrogens is 212 g/mol. The maximum atomic E-state index is 11.1. The monoisotopic (exact) mass is 223 g/mol. The summed E-state index contributed by atoms with van der Waals surface area (Å²) >= 11 is 0. The molecular formula is C10H11N2O4-. The first-order chi connectivity index (χ1) is 7.68. The second kappa shape index (κ2) is 6.52. The first-order valence-corrected chi connectivity index (χ1v) is 4.62. The lowest BCUT2D eigenvalue weighted by Crippen LogP contribution is -2.32. The molecule has 1 N–H and O–H groups in total. The number of aliphatic carboxylic acids is 1. The van der Waals surface area contributed by atoms with Crippen molar-refractivity contribution in [2.45, 2.75) is 6.54 Å². The predicted molar refractivity (Wildman–Crippen MR) is 51.9 cm³/mol. The second-order valence-electron chi connectivity index (χ2n) is 2.96. The Kier molecular flexibility index (Phi) is 4.94. The normalized spacial score (nSPS) is 9.75. The van der Waals surface area contributed by atoms with Crippen molar-refractivity contribution in [3.63, 3.8) is 0 Å². The molecule has 0 bridgehead atoms. The van der Waals surface area contributed by atoms with Crippen LogP contribution in [-0.2, 0) is 20.9 Å². The summed E-state index contributed by atoms with van der Waals surface area (Å²) in [5.74, 6) is -1.75. The van der Waals surface area contributed by atoms with Gasteiger partial charge in [-0.05, 0) is 12.1 Å². The van der Waals surface area contributed by atoms with Gasteiger partial charge in [-0.3, -0.25) is 9.78 Å². The molecule has 1 rings (SSSR count). The lowest BCUT2D eigenvalue weighted by Gasteiger charge is -2.06. The molecule has 0 unspecified atom stereocenters. The van der Waals surface area contributed by atoms with Crippen molar-refractivity contribution in [2.24, 2.45) is 0 Å². The fourth-order valence-electron chi connectivity index (χ4n) is 0.970. The van der Waals surface area contributed by atoms with Gasteiger partial charge in [0.2, 0.25) is 5.91 Å². The number of nitrogens with zero attached hydrogens (tertiary/aromatic N) is 1. The molecule has 0 saturated carbocycles. The van der Waals surface area contributed by atoms with Gasteiger partial charge in [0.1, 0.15) is 6.61 Å². The van der Waals surface area contributed by atoms with E-state index in [1.807, 2.05) is 0 Å². The van der Waals surface area contributed by atoms with E-state index in [0.717, 1.165) is 5.69 Å². The zero-order chi connectivity index (χ0) is 11.8. The number of carboxylic acids is 1. The van der Waals surface area contributed by atoms with Crippen LogP contribution in [-0.4, -0.2) is 30.1 Å². The van der Waals surface area contributed by atoms with E-state index in [4.69, 9.17) is 0 Å². The molecule has 6 nitrogen and oxygen atoms in total. The van der Waals surface area contributed by atoms with E-state index in [0.29, 0.717) is 0 Å². The molecule has 0 aliphatic rings. The van der Waals surface area contributed by atoms with Gasteiger partial charge >= 0.3 is 0 Å². The van der Waals surface area contributed by atoms with Gasteiger partial charge in [0.25, 0.3) is 0 Å². The maximum absolute atomic E-state index is 11.1. The number of amides is 1. The molecule has 1 aromatic rings. The van der Waals surface area contributed by atoms with Gasteiger partial charge < -0.3 is 20.0 Å². The summed E-state index contributed by atoms with van der Waals surface area (Å²) in [6, 6.07) is 5.34. The zero-order valence-corrected chi connectivity index (χ0v) is 8.51. The summed E-state index contributed by atoms with van der Waals surface area (Å²) in [5.41, 5.74) is 0.718. The third kappa shape index (κ3) is 5.06. The lowest BCUT2D eigenvalue weighted by molar-refractivity contribution is -0.309. The van der Waals surface area contributed by atoms with E-state index in [1.54, 1.807) is 24.4 Å². The molecule has 0 aliphatic carbocycles. The Bertz CT molecular complexity index is 353. The van der Waals surface area contributed by atoms with Crippen molar-refractivity contribution < 1.29 is 19.4 Å². The molecule has 6 heteroatoms. The number of aromatic nitrogens is 1. The van der Waals surface area contributed by atoms with Crippen molar-refractivity contribution in [3.05, 3.63) is 30.1 Å². The Morgan fingerprint density at radius 2 is 2.19 bits per heavy atom. The third-order valence-electron chi connectivity index (χ3n) is 1.65. The number of rotatable bonds is 6. The van der Waals surface area contributed by atoms with Gasteiger partial charge in [-0.15, -0.1) is 0 Å². The molecule has 1 aromatic heterocycles. The van der Waals surface area contributed by atoms with Crippen LogP contribution in [0.25, 0.3) is 0 Å². The van der Waals surface area contributed by atoms with Crippen LogP contribution in [0.2, 0.25) is 0 Å². The van der Waals surface area contributed by atoms with Crippen molar-refractivity contribution >= 4 is 11.9 Å². The van der Waals surface area contributed by atoms with Crippen LogP contribution in [0.5, 0.6) is 0 Å². The quantitative estimate of drug-likeness (QED) is 0.631. The molecule has 0 saturated heterocycles. The highest BCUT2D eigenvalue weighted by molar-refractivity contribution is 5.77. The molecule has 0 spiro atoms. The molecule has 0 fully saturated rings. The highest BCUT2D eigenvalue weighted by Gasteiger charge is 2.01. The summed E-state index contributed by atoms with van der Waals surface area (Å²) in [6.45, 7) is -0.605. The first-order valence-electron chi connectivity index (χ1n) is 4.62. The van der Waals surface area contributed by atoms with Gasteiger partial charge in [-0.2, -0.15) is 0 Å². The number of carbonyl (C=O) groups excluding carboxylic acids is 2. The van der Waals surface area contributed by atoms with Crippen LogP contribution >= 0.6 is 0 Å². The highest BCUT2D eigenvalue weighted by atomic mass is 16.5. The minimum atomic E-state index is -1.35. The van der Waals surface area contributed by atoms with E-state index in [1.165, 1.54) is 0 Å². The summed E-state index contributed by atoms with van der Waals surface area (Å²) in [7, 11) is 0. The standard InChI is InChI=1S/C10H12N2O4/c13-9(6-16-7-10(14)15)12-5-8-3-1-2-4-11-8/h1-4H,5-7H2,(H,12,13)(H,14,15)/p-1. The summed E-state index contributed by atoms with van der Waals surface area (Å²) in [4.78, 5) is 25.1. The largest absolute Gasteiger partial charge is 0.548 e. The number of carboxylic acid groups (broad SMARTS) is 1. The number of carbonyl (C=O) groups is 2. The second-order valence-corrected chi connectivity index (χ2v) is 2.96. The average Bonchev–Trinajstić information content (AvgIpc) is 2.27. The van der Waals surface area contributed by atoms with E-state index < -0.39 is 18.5 Å². The predicted octanol–water partition coefficient (Wildman–Crippen LogP) is -1.54. The van der Waals surface area contributed by atoms with Gasteiger partial charge in [-0.25, -0.2) is 0 Å². The molecule has 0 radical (unpaired) electrons. The van der Waals surface area contributed by atoms with Crippen LogP contribution in [0.3, 0.4) is 0 Å². The van der Waals surface area contributed by atoms with Gasteiger partial charge in [-0.1, -0.05) is 6.07 Å². The Morgan fingerprint density at radius 3 is 2.81 bits per heavy atom. The van der Waals surface area contributed by atoms with E-state index in [9.17, 15) is 14.7 Å². The number of hydrogen-bond acceptors (Lipinski definition) is 5. The molecule has 1 amide bonds. The SMILES string of the molecule is O=C([O-])COCC(=O)NCc1ccccn1. The maximum Gasteiger partial charge on any atom is 0.246 e. The van der Waals surface area contributed by atoms with E-state index >= 15 is 0 Å². The molecule has 0 aromatic carbocycles. The fraction of sp³-hybridized carbons (Fsp3) is 0.300. The molecule has 0 aliphatic heterocycles. The summed E-state index contributed by atoms with van der Waals surface area (Å²) in [5, 5.41) is 12.5. The average molecular weight is 223 g/mol. The van der Waals surface area contributed by atoms with Gasteiger partial charge in [0.05, 0.1) is 24.8 Å². The minimum Gasteiger partial charge on any atom is -0.548 e. The molecule has 0 atom stereocenters. The molecule has 86 valence electrons. The van der Waals surface area contributed by atoms with E-state index in [-0.39, 0.29) is 13.2 Å². The number of hydrogen-bond donors (Lipinski definition) is 1.